The fraction of sp³-hybridized carbons (Fsp3) is 0.125. The molecule has 2 aromatic carbocycles. The number of carbonyl (C=O) groups excluding carboxylic acids is 2. The lowest BCUT2D eigenvalue weighted by Gasteiger charge is -2.17. The first-order valence-corrected chi connectivity index (χ1v) is 9.93. The van der Waals surface area contributed by atoms with E-state index in [0.717, 1.165) is 0 Å². The summed E-state index contributed by atoms with van der Waals surface area (Å²) < 4.78 is 15.7. The maximum Gasteiger partial charge on any atom is 0.269 e. The molecule has 166 valence electrons. The van der Waals surface area contributed by atoms with Crippen molar-refractivity contribution in [3.8, 4) is 23.0 Å². The van der Waals surface area contributed by atoms with Crippen molar-refractivity contribution in [2.75, 3.05) is 26.2 Å². The number of carbonyl (C=O) groups is 2. The summed E-state index contributed by atoms with van der Waals surface area (Å²) in [7, 11) is 4.42. The molecule has 1 amide bonds. The molecule has 0 bridgehead atoms. The summed E-state index contributed by atoms with van der Waals surface area (Å²) >= 11 is 0. The molecular formula is C24H20N4O5. The number of hydrogen-bond donors (Lipinski definition) is 0. The van der Waals surface area contributed by atoms with Crippen molar-refractivity contribution in [2.24, 2.45) is 0 Å². The summed E-state index contributed by atoms with van der Waals surface area (Å²) in [5.74, 6) is -1.48. The Kier molecular flexibility index (Phi) is 6.12. The van der Waals surface area contributed by atoms with Crippen molar-refractivity contribution in [1.29, 1.82) is 0 Å². The van der Waals surface area contributed by atoms with Gasteiger partial charge in [-0.1, -0.05) is 53.7 Å². The van der Waals surface area contributed by atoms with Crippen LogP contribution in [0.25, 0.3) is 11.3 Å². The molecule has 0 aliphatic carbocycles. The zero-order valence-corrected chi connectivity index (χ0v) is 18.2. The second-order valence-corrected chi connectivity index (χ2v) is 6.91. The van der Waals surface area contributed by atoms with Gasteiger partial charge in [0.05, 0.1) is 20.3 Å². The first-order chi connectivity index (χ1) is 16.0. The number of para-hydroxylation sites is 1. The Morgan fingerprint density at radius 2 is 1.45 bits per heavy atom. The van der Waals surface area contributed by atoms with Crippen molar-refractivity contribution in [2.45, 2.75) is 0 Å². The van der Waals surface area contributed by atoms with E-state index in [4.69, 9.17) is 14.0 Å². The van der Waals surface area contributed by atoms with E-state index in [1.165, 1.54) is 25.2 Å². The van der Waals surface area contributed by atoms with E-state index < -0.39 is 11.7 Å². The van der Waals surface area contributed by atoms with Crippen LogP contribution in [0, 0.1) is 0 Å². The smallest absolute Gasteiger partial charge is 0.269 e. The molecule has 2 aromatic heterocycles. The number of methoxy groups -OCH3 is 2. The number of anilines is 1. The van der Waals surface area contributed by atoms with Crippen molar-refractivity contribution in [1.82, 2.24) is 15.1 Å². The maximum absolute atomic E-state index is 13.6. The minimum absolute atomic E-state index is 0.00272. The van der Waals surface area contributed by atoms with Crippen LogP contribution in [-0.4, -0.2) is 48.1 Å². The molecule has 0 unspecified atom stereocenters. The monoisotopic (exact) mass is 444 g/mol. The van der Waals surface area contributed by atoms with E-state index in [9.17, 15) is 9.59 Å². The summed E-state index contributed by atoms with van der Waals surface area (Å²) in [6, 6.07) is 19.5. The number of amides is 1. The fourth-order valence-electron chi connectivity index (χ4n) is 3.19. The molecule has 0 aliphatic rings. The molecule has 0 aliphatic heterocycles. The topological polar surface area (TPSA) is 108 Å². The van der Waals surface area contributed by atoms with E-state index in [1.807, 2.05) is 24.3 Å². The average molecular weight is 444 g/mol. The standard InChI is InChI=1S/C24H20N4O5/c1-28(16-12-8-5-9-13-16)24(30)19-20(15-10-6-4-7-11-15)27-33-22(19)21(29)23-25-17(31-2)14-18(26-23)32-3/h4-14H,1-3H3. The minimum atomic E-state index is -0.730. The predicted octanol–water partition coefficient (Wildman–Crippen LogP) is 3.66. The predicted molar refractivity (Wildman–Crippen MR) is 120 cm³/mol. The molecule has 0 radical (unpaired) electrons. The summed E-state index contributed by atoms with van der Waals surface area (Å²) in [5.41, 5.74) is 1.50. The minimum Gasteiger partial charge on any atom is -0.481 e. The van der Waals surface area contributed by atoms with Gasteiger partial charge in [-0.2, -0.15) is 9.97 Å². The van der Waals surface area contributed by atoms with E-state index in [2.05, 4.69) is 15.1 Å². The highest BCUT2D eigenvalue weighted by Gasteiger charge is 2.33. The fourth-order valence-corrected chi connectivity index (χ4v) is 3.19. The molecule has 4 rings (SSSR count). The summed E-state index contributed by atoms with van der Waals surface area (Å²) in [5, 5.41) is 4.05. The van der Waals surface area contributed by atoms with Gasteiger partial charge in [-0.05, 0) is 12.1 Å². The van der Waals surface area contributed by atoms with Gasteiger partial charge in [-0.3, -0.25) is 9.59 Å². The van der Waals surface area contributed by atoms with Gasteiger partial charge in [-0.25, -0.2) is 0 Å². The Labute approximate surface area is 189 Å². The Bertz CT molecular complexity index is 1270. The second-order valence-electron chi connectivity index (χ2n) is 6.91. The average Bonchev–Trinajstić information content (AvgIpc) is 3.33. The molecule has 0 saturated carbocycles. The van der Waals surface area contributed by atoms with Crippen molar-refractivity contribution in [3.05, 3.63) is 83.9 Å². The van der Waals surface area contributed by atoms with Gasteiger partial charge in [0.1, 0.15) is 11.3 Å². The third-order valence-corrected chi connectivity index (χ3v) is 4.91. The quantitative estimate of drug-likeness (QED) is 0.398. The van der Waals surface area contributed by atoms with E-state index in [0.29, 0.717) is 11.3 Å². The first-order valence-electron chi connectivity index (χ1n) is 9.93. The van der Waals surface area contributed by atoms with Crippen LogP contribution in [-0.2, 0) is 0 Å². The van der Waals surface area contributed by atoms with Crippen LogP contribution < -0.4 is 14.4 Å². The van der Waals surface area contributed by atoms with Gasteiger partial charge in [0, 0.05) is 18.3 Å². The first kappa shape index (κ1) is 21.7. The third-order valence-electron chi connectivity index (χ3n) is 4.91. The van der Waals surface area contributed by atoms with Gasteiger partial charge in [0.2, 0.25) is 23.3 Å². The molecule has 2 heterocycles. The third kappa shape index (κ3) is 4.29. The largest absolute Gasteiger partial charge is 0.481 e. The number of benzene rings is 2. The number of rotatable bonds is 7. The molecule has 4 aromatic rings. The molecule has 9 nitrogen and oxygen atoms in total. The molecule has 0 atom stereocenters. The Morgan fingerprint density at radius 3 is 2.03 bits per heavy atom. The van der Waals surface area contributed by atoms with E-state index >= 15 is 0 Å². The number of ketones is 1. The summed E-state index contributed by atoms with van der Waals surface area (Å²) in [6.07, 6.45) is 0. The highest BCUT2D eigenvalue weighted by atomic mass is 16.5. The molecular weight excluding hydrogens is 424 g/mol. The number of aromatic nitrogens is 3. The Balaban J connectivity index is 1.85. The van der Waals surface area contributed by atoms with Crippen LogP contribution in [0.3, 0.4) is 0 Å². The van der Waals surface area contributed by atoms with Crippen LogP contribution in [0.15, 0.2) is 71.3 Å². The van der Waals surface area contributed by atoms with Crippen LogP contribution in [0.2, 0.25) is 0 Å². The molecule has 0 N–H and O–H groups in total. The lowest BCUT2D eigenvalue weighted by molar-refractivity contribution is 0.0954. The lowest BCUT2D eigenvalue weighted by Crippen LogP contribution is -2.28. The van der Waals surface area contributed by atoms with Crippen LogP contribution in [0.4, 0.5) is 5.69 Å². The van der Waals surface area contributed by atoms with Gasteiger partial charge in [0.15, 0.2) is 0 Å². The van der Waals surface area contributed by atoms with Crippen LogP contribution in [0.1, 0.15) is 26.7 Å². The number of ether oxygens (including phenoxy) is 2. The van der Waals surface area contributed by atoms with Gasteiger partial charge >= 0.3 is 0 Å². The SMILES string of the molecule is COc1cc(OC)nc(C(=O)c2onc(-c3ccccc3)c2C(=O)N(C)c2ccccc2)n1. The highest BCUT2D eigenvalue weighted by Crippen LogP contribution is 2.29. The Morgan fingerprint density at radius 1 is 0.879 bits per heavy atom. The Hall–Kier alpha value is -4.53. The highest BCUT2D eigenvalue weighted by molar-refractivity contribution is 6.18. The maximum atomic E-state index is 13.6. The molecule has 33 heavy (non-hydrogen) atoms. The number of hydrogen-bond acceptors (Lipinski definition) is 8. The van der Waals surface area contributed by atoms with Crippen molar-refractivity contribution < 1.29 is 23.6 Å². The zero-order valence-electron chi connectivity index (χ0n) is 18.2. The van der Waals surface area contributed by atoms with Crippen LogP contribution >= 0.6 is 0 Å². The normalized spacial score (nSPS) is 10.5. The van der Waals surface area contributed by atoms with Crippen LogP contribution in [0.5, 0.6) is 11.8 Å². The summed E-state index contributed by atoms with van der Waals surface area (Å²) in [6.45, 7) is 0. The summed E-state index contributed by atoms with van der Waals surface area (Å²) in [4.78, 5) is 36.5. The van der Waals surface area contributed by atoms with Crippen molar-refractivity contribution >= 4 is 17.4 Å². The van der Waals surface area contributed by atoms with Gasteiger partial charge < -0.3 is 18.9 Å². The number of nitrogens with zero attached hydrogens (tertiary/aromatic N) is 4. The second kappa shape index (κ2) is 9.31. The molecule has 9 heteroatoms. The lowest BCUT2D eigenvalue weighted by atomic mass is 10.0. The van der Waals surface area contributed by atoms with Crippen molar-refractivity contribution in [3.63, 3.8) is 0 Å². The molecule has 0 fully saturated rings. The van der Waals surface area contributed by atoms with E-state index in [1.54, 1.807) is 43.4 Å². The van der Waals surface area contributed by atoms with Gasteiger partial charge in [-0.15, -0.1) is 0 Å². The van der Waals surface area contributed by atoms with E-state index in [-0.39, 0.29) is 34.6 Å². The molecule has 0 saturated heterocycles. The molecule has 0 spiro atoms. The zero-order chi connectivity index (χ0) is 23.4. The van der Waals surface area contributed by atoms with Gasteiger partial charge in [0.25, 0.3) is 11.7 Å².